The molecule has 0 bridgehead atoms. The summed E-state index contributed by atoms with van der Waals surface area (Å²) >= 11 is 0. The van der Waals surface area contributed by atoms with Crippen LogP contribution in [0.15, 0.2) is 72.9 Å². The van der Waals surface area contributed by atoms with Gasteiger partial charge in [0, 0.05) is 6.42 Å². The smallest absolute Gasteiger partial charge is 0.268 e. The van der Waals surface area contributed by atoms with Gasteiger partial charge in [-0.25, -0.2) is 0 Å². The normalized spacial score (nSPS) is 14.6. The third-order valence-corrected chi connectivity index (χ3v) is 12.8. The van der Waals surface area contributed by atoms with Crippen molar-refractivity contribution in [2.45, 2.75) is 244 Å². The first-order valence-corrected chi connectivity index (χ1v) is 28.8. The summed E-state index contributed by atoms with van der Waals surface area (Å²) in [5, 5.41) is 13.8. The topological polar surface area (TPSA) is 108 Å². The molecule has 0 aliphatic heterocycles. The first kappa shape index (κ1) is 63.9. The van der Waals surface area contributed by atoms with Crippen molar-refractivity contribution in [1.82, 2.24) is 5.32 Å². The van der Waals surface area contributed by atoms with Gasteiger partial charge in [-0.05, 0) is 83.5 Å². The van der Waals surface area contributed by atoms with E-state index in [0.717, 1.165) is 57.8 Å². The van der Waals surface area contributed by atoms with E-state index in [9.17, 15) is 19.4 Å². The fraction of sp³-hybridized carbons (Fsp3) is 0.772. The second-order valence-corrected chi connectivity index (χ2v) is 21.0. The molecule has 384 valence electrons. The minimum atomic E-state index is -4.61. The maximum atomic E-state index is 12.9. The minimum Gasteiger partial charge on any atom is -0.756 e. The number of quaternary nitrogens is 1. The number of hydrogen-bond acceptors (Lipinski definition) is 6. The van der Waals surface area contributed by atoms with Gasteiger partial charge in [0.1, 0.15) is 13.2 Å². The van der Waals surface area contributed by atoms with Crippen molar-refractivity contribution in [2.24, 2.45) is 0 Å². The molecule has 9 heteroatoms. The highest BCUT2D eigenvalue weighted by Gasteiger charge is 2.23. The average Bonchev–Trinajstić information content (AvgIpc) is 3.28. The first-order valence-electron chi connectivity index (χ1n) is 27.3. The Morgan fingerprint density at radius 1 is 0.530 bits per heavy atom. The number of hydrogen-bond donors (Lipinski definition) is 2. The van der Waals surface area contributed by atoms with Crippen LogP contribution in [0.5, 0.6) is 0 Å². The predicted molar refractivity (Wildman–Crippen MR) is 284 cm³/mol. The van der Waals surface area contributed by atoms with Crippen molar-refractivity contribution in [1.29, 1.82) is 0 Å². The van der Waals surface area contributed by atoms with Crippen LogP contribution in [0, 0.1) is 0 Å². The zero-order chi connectivity index (χ0) is 48.5. The molecule has 0 heterocycles. The van der Waals surface area contributed by atoms with Crippen LogP contribution in [0.4, 0.5) is 0 Å². The van der Waals surface area contributed by atoms with Crippen LogP contribution in [0.2, 0.25) is 0 Å². The van der Waals surface area contributed by atoms with E-state index < -0.39 is 26.6 Å². The molecule has 66 heavy (non-hydrogen) atoms. The number of carbonyl (C=O) groups is 1. The van der Waals surface area contributed by atoms with Gasteiger partial charge in [0.25, 0.3) is 7.82 Å². The van der Waals surface area contributed by atoms with Gasteiger partial charge in [-0.2, -0.15) is 0 Å². The van der Waals surface area contributed by atoms with E-state index in [4.69, 9.17) is 9.05 Å². The van der Waals surface area contributed by atoms with Crippen molar-refractivity contribution >= 4 is 13.7 Å². The van der Waals surface area contributed by atoms with Crippen LogP contribution < -0.4 is 10.2 Å². The Balaban J connectivity index is 4.33. The molecule has 0 aliphatic rings. The van der Waals surface area contributed by atoms with E-state index in [0.29, 0.717) is 17.4 Å². The molecule has 0 spiro atoms. The molecule has 3 unspecified atom stereocenters. The number of phosphoric ester groups is 1. The molecule has 0 rings (SSSR count). The number of likely N-dealkylation sites (N-methyl/N-ethyl adjacent to an activating group) is 1. The molecular formula is C57H105N2O6P. The molecule has 0 fully saturated rings. The van der Waals surface area contributed by atoms with E-state index in [1.54, 1.807) is 6.08 Å². The number of phosphoric acid groups is 1. The number of unbranched alkanes of at least 4 members (excludes halogenated alkanes) is 26. The number of nitrogens with zero attached hydrogens (tertiary/aromatic N) is 1. The Kier molecular flexibility index (Phi) is 46.5. The third kappa shape index (κ3) is 49.8. The fourth-order valence-electron chi connectivity index (χ4n) is 7.54. The monoisotopic (exact) mass is 945 g/mol. The van der Waals surface area contributed by atoms with Crippen molar-refractivity contribution in [3.63, 3.8) is 0 Å². The molecule has 0 aromatic heterocycles. The molecule has 0 aromatic rings. The van der Waals surface area contributed by atoms with Gasteiger partial charge in [-0.3, -0.25) is 9.36 Å². The van der Waals surface area contributed by atoms with Crippen LogP contribution in [0.3, 0.4) is 0 Å². The van der Waals surface area contributed by atoms with E-state index in [2.05, 4.69) is 79.9 Å². The second kappa shape index (κ2) is 48.0. The average molecular weight is 945 g/mol. The Labute approximate surface area is 408 Å². The summed E-state index contributed by atoms with van der Waals surface area (Å²) in [4.78, 5) is 25.5. The maximum absolute atomic E-state index is 12.9. The van der Waals surface area contributed by atoms with Gasteiger partial charge < -0.3 is 28.8 Å². The molecule has 0 aliphatic carbocycles. The number of carbonyl (C=O) groups excluding carboxylic acids is 1. The van der Waals surface area contributed by atoms with Gasteiger partial charge in [-0.15, -0.1) is 0 Å². The number of rotatable bonds is 49. The Hall–Kier alpha value is -2.06. The summed E-state index contributed by atoms with van der Waals surface area (Å²) in [6, 6.07) is -0.916. The van der Waals surface area contributed by atoms with Crippen molar-refractivity contribution < 1.29 is 32.9 Å². The number of aliphatic hydroxyl groups excluding tert-OH is 1. The Morgan fingerprint density at radius 2 is 0.894 bits per heavy atom. The summed E-state index contributed by atoms with van der Waals surface area (Å²) in [5.74, 6) is -0.217. The highest BCUT2D eigenvalue weighted by Crippen LogP contribution is 2.38. The number of amides is 1. The van der Waals surface area contributed by atoms with Crippen molar-refractivity contribution in [3.05, 3.63) is 72.9 Å². The van der Waals surface area contributed by atoms with Crippen LogP contribution in [0.25, 0.3) is 0 Å². The molecule has 3 atom stereocenters. The summed E-state index contributed by atoms with van der Waals surface area (Å²) in [5.41, 5.74) is 0. The standard InChI is InChI=1S/C57H105N2O6P/c1-6-8-10-12-14-16-18-20-22-24-26-27-28-29-30-31-33-35-37-39-41-43-45-47-49-51-57(61)58-55(54-65-66(62,63)64-53-52-59(3,4)5)56(60)50-48-46-44-42-40-38-36-34-32-25-23-21-19-17-15-13-11-9-7-2/h18,20,24,26,28-29,32,34,40,42,48,50,55-56,60H,6-17,19,21-23,25,27,30-31,33,35-39,41,43-47,49,51-54H2,1-5H3,(H-,58,61,62,63)/b20-18-,26-24-,29-28-,34-32+,42-40+,50-48+. The van der Waals surface area contributed by atoms with E-state index in [-0.39, 0.29) is 12.5 Å². The van der Waals surface area contributed by atoms with Gasteiger partial charge in [0.05, 0.1) is 39.9 Å². The molecule has 2 N–H and O–H groups in total. The zero-order valence-electron chi connectivity index (χ0n) is 43.6. The number of nitrogens with one attached hydrogen (secondary N) is 1. The lowest BCUT2D eigenvalue weighted by molar-refractivity contribution is -0.870. The van der Waals surface area contributed by atoms with Crippen LogP contribution in [-0.2, 0) is 18.4 Å². The van der Waals surface area contributed by atoms with E-state index in [1.807, 2.05) is 27.2 Å². The quantitative estimate of drug-likeness (QED) is 0.0272. The lowest BCUT2D eigenvalue weighted by Crippen LogP contribution is -2.45. The van der Waals surface area contributed by atoms with Gasteiger partial charge in [0.2, 0.25) is 5.91 Å². The zero-order valence-corrected chi connectivity index (χ0v) is 44.5. The SMILES string of the molecule is CCCCCCC/C=C\C/C=C\C/C=C\CCCCCCCCCCCCC(=O)NC(COP(=O)([O-])OCC[N+](C)(C)C)C(O)/C=C/CC/C=C/CC/C=C/CCCCCCCCCCC. The summed E-state index contributed by atoms with van der Waals surface area (Å²) < 4.78 is 23.3. The molecule has 1 amide bonds. The highest BCUT2D eigenvalue weighted by molar-refractivity contribution is 7.45. The largest absolute Gasteiger partial charge is 0.756 e. The van der Waals surface area contributed by atoms with Crippen LogP contribution in [0.1, 0.15) is 232 Å². The van der Waals surface area contributed by atoms with Gasteiger partial charge in [0.15, 0.2) is 0 Å². The summed E-state index contributed by atoms with van der Waals surface area (Å²) in [6.07, 6.45) is 65.4. The highest BCUT2D eigenvalue weighted by atomic mass is 31.2. The van der Waals surface area contributed by atoms with Gasteiger partial charge >= 0.3 is 0 Å². The Bertz CT molecular complexity index is 1300. The fourth-order valence-corrected chi connectivity index (χ4v) is 8.27. The minimum absolute atomic E-state index is 0.0126. The molecule has 0 saturated carbocycles. The van der Waals surface area contributed by atoms with E-state index >= 15 is 0 Å². The third-order valence-electron chi connectivity index (χ3n) is 11.9. The first-order chi connectivity index (χ1) is 32.0. The van der Waals surface area contributed by atoms with Crippen molar-refractivity contribution in [3.8, 4) is 0 Å². The summed E-state index contributed by atoms with van der Waals surface area (Å²) in [6.45, 7) is 4.61. The molecule has 0 saturated heterocycles. The number of allylic oxidation sites excluding steroid dienone is 11. The second-order valence-electron chi connectivity index (χ2n) is 19.6. The summed E-state index contributed by atoms with van der Waals surface area (Å²) in [7, 11) is 1.23. The lowest BCUT2D eigenvalue weighted by atomic mass is 10.0. The van der Waals surface area contributed by atoms with Crippen LogP contribution >= 0.6 is 7.82 Å². The van der Waals surface area contributed by atoms with Gasteiger partial charge in [-0.1, -0.05) is 215 Å². The van der Waals surface area contributed by atoms with Crippen LogP contribution in [-0.4, -0.2) is 68.5 Å². The number of aliphatic hydroxyl groups is 1. The molecule has 0 radical (unpaired) electrons. The van der Waals surface area contributed by atoms with Crippen molar-refractivity contribution in [2.75, 3.05) is 40.9 Å². The molecule has 8 nitrogen and oxygen atoms in total. The maximum Gasteiger partial charge on any atom is 0.268 e. The molecular weight excluding hydrogens is 840 g/mol. The molecule has 0 aromatic carbocycles. The van der Waals surface area contributed by atoms with E-state index in [1.165, 1.54) is 154 Å². The predicted octanol–water partition coefficient (Wildman–Crippen LogP) is 15.7. The lowest BCUT2D eigenvalue weighted by Gasteiger charge is -2.29. The Morgan fingerprint density at radius 3 is 1.33 bits per heavy atom.